The highest BCUT2D eigenvalue weighted by Crippen LogP contribution is 2.31. The number of pyridine rings is 1. The maximum absolute atomic E-state index is 13.3. The average molecular weight is 466 g/mol. The summed E-state index contributed by atoms with van der Waals surface area (Å²) in [4.78, 5) is 23.8. The molecule has 34 heavy (non-hydrogen) atoms. The molecule has 2 aliphatic rings. The van der Waals surface area contributed by atoms with Gasteiger partial charge >= 0.3 is 5.65 Å². The Kier molecular flexibility index (Phi) is 4.87. The molecule has 4 aromatic heterocycles. The molecule has 0 aromatic carbocycles. The quantitative estimate of drug-likeness (QED) is 0.416. The summed E-state index contributed by atoms with van der Waals surface area (Å²) in [5, 5.41) is 11.1. The van der Waals surface area contributed by atoms with E-state index >= 15 is 0 Å². The number of fused-ring (bicyclic) bond motifs is 2. The van der Waals surface area contributed by atoms with Crippen LogP contribution in [0.2, 0.25) is 0 Å². The zero-order chi connectivity index (χ0) is 23.4. The second-order valence-electron chi connectivity index (χ2n) is 8.72. The lowest BCUT2D eigenvalue weighted by molar-refractivity contribution is -0.649. The van der Waals surface area contributed by atoms with Crippen molar-refractivity contribution in [3.63, 3.8) is 0 Å². The van der Waals surface area contributed by atoms with E-state index in [1.54, 1.807) is 16.3 Å². The molecule has 1 amide bonds. The molecule has 6 rings (SSSR count). The third-order valence-electron chi connectivity index (χ3n) is 6.32. The standard InChI is InChI=1S/C23H24FN7O3/c1-25-20-9-18(27-21-15(10-26-31(20)21)22(32)28-19-8-17(19)24)16-11-30(34-13-5-7-33-12-13)23-14(16)4-3-6-29(23)2/h3-4,6,9-11,13,17,19H,5,7-8,12H2,1-2H3,(H-,25,26,27,28,32)/p+1. The number of aromatic nitrogens is 5. The fraction of sp³-hybridized carbons (Fsp3) is 0.391. The average Bonchev–Trinajstić information content (AvgIpc) is 3.27. The monoisotopic (exact) mass is 466 g/mol. The van der Waals surface area contributed by atoms with Gasteiger partial charge < -0.3 is 20.2 Å². The zero-order valence-corrected chi connectivity index (χ0v) is 18.9. The first-order chi connectivity index (χ1) is 16.5. The zero-order valence-electron chi connectivity index (χ0n) is 18.9. The van der Waals surface area contributed by atoms with Crippen LogP contribution in [0, 0.1) is 0 Å². The molecule has 3 atom stereocenters. The van der Waals surface area contributed by atoms with E-state index in [1.807, 2.05) is 42.2 Å². The summed E-state index contributed by atoms with van der Waals surface area (Å²) in [5.41, 5.74) is 3.07. The number of halogens is 1. The van der Waals surface area contributed by atoms with Gasteiger partial charge in [-0.1, -0.05) is 0 Å². The van der Waals surface area contributed by atoms with Crippen molar-refractivity contribution in [3.8, 4) is 11.3 Å². The number of nitrogens with zero attached hydrogens (tertiary/aromatic N) is 5. The molecule has 3 unspecified atom stereocenters. The van der Waals surface area contributed by atoms with Crippen LogP contribution in [0.25, 0.3) is 27.9 Å². The second-order valence-corrected chi connectivity index (χ2v) is 8.72. The van der Waals surface area contributed by atoms with Crippen molar-refractivity contribution in [3.05, 3.63) is 42.4 Å². The Morgan fingerprint density at radius 1 is 1.41 bits per heavy atom. The van der Waals surface area contributed by atoms with E-state index in [4.69, 9.17) is 14.6 Å². The van der Waals surface area contributed by atoms with Crippen molar-refractivity contribution in [2.24, 2.45) is 7.05 Å². The molecule has 4 aromatic rings. The first kappa shape index (κ1) is 20.8. The molecule has 1 aliphatic carbocycles. The van der Waals surface area contributed by atoms with Crippen LogP contribution >= 0.6 is 0 Å². The summed E-state index contributed by atoms with van der Waals surface area (Å²) in [6.07, 6.45) is 5.49. The first-order valence-corrected chi connectivity index (χ1v) is 11.3. The maximum Gasteiger partial charge on any atom is 0.328 e. The number of alkyl halides is 1. The predicted molar refractivity (Wildman–Crippen MR) is 121 cm³/mol. The minimum atomic E-state index is -0.987. The van der Waals surface area contributed by atoms with Crippen molar-refractivity contribution in [2.75, 3.05) is 25.6 Å². The van der Waals surface area contributed by atoms with Crippen LogP contribution in [-0.2, 0) is 11.8 Å². The van der Waals surface area contributed by atoms with Gasteiger partial charge in [0.15, 0.2) is 11.8 Å². The Balaban J connectivity index is 1.48. The predicted octanol–water partition coefficient (Wildman–Crippen LogP) is 1.27. The lowest BCUT2D eigenvalue weighted by atomic mass is 10.1. The molecule has 176 valence electrons. The van der Waals surface area contributed by atoms with Crippen LogP contribution in [0.4, 0.5) is 10.2 Å². The number of amides is 1. The van der Waals surface area contributed by atoms with Gasteiger partial charge in [0, 0.05) is 26.0 Å². The van der Waals surface area contributed by atoms with Crippen LogP contribution in [0.15, 0.2) is 36.8 Å². The molecular formula is C23H25FN7O3+. The van der Waals surface area contributed by atoms with Crippen molar-refractivity contribution >= 4 is 28.4 Å². The van der Waals surface area contributed by atoms with E-state index < -0.39 is 12.2 Å². The van der Waals surface area contributed by atoms with E-state index in [2.05, 4.69) is 15.7 Å². The number of carbonyl (C=O) groups excluding carboxylic acids is 1. The van der Waals surface area contributed by atoms with Crippen molar-refractivity contribution < 1.29 is 23.3 Å². The summed E-state index contributed by atoms with van der Waals surface area (Å²) in [7, 11) is 3.74. The molecule has 1 aliphatic heterocycles. The Hall–Kier alpha value is -3.73. The third-order valence-corrected chi connectivity index (χ3v) is 6.32. The van der Waals surface area contributed by atoms with Crippen LogP contribution < -0.4 is 20.0 Å². The van der Waals surface area contributed by atoms with Gasteiger partial charge in [0.1, 0.15) is 23.7 Å². The first-order valence-electron chi connectivity index (χ1n) is 11.3. The molecule has 11 heteroatoms. The topological polar surface area (TPSA) is 98.6 Å². The molecule has 2 fully saturated rings. The van der Waals surface area contributed by atoms with E-state index in [-0.39, 0.29) is 12.0 Å². The maximum atomic E-state index is 13.3. The SMILES string of the molecule is CNc1cc(-c2cn(OC3CCOC3)c3c2ccc[n+]3C)nc2c(C(=O)NC3CC3F)cnn12. The van der Waals surface area contributed by atoms with Gasteiger partial charge in [-0.2, -0.15) is 9.61 Å². The number of hydrogen-bond donors (Lipinski definition) is 2. The molecule has 10 nitrogen and oxygen atoms in total. The number of ether oxygens (including phenoxy) is 1. The molecule has 0 bridgehead atoms. The van der Waals surface area contributed by atoms with Gasteiger partial charge in [-0.05, 0) is 16.9 Å². The number of nitrogens with one attached hydrogen (secondary N) is 2. The number of hydrogen-bond acceptors (Lipinski definition) is 6. The van der Waals surface area contributed by atoms with Crippen LogP contribution in [0.1, 0.15) is 23.2 Å². The lowest BCUT2D eigenvalue weighted by Gasteiger charge is -2.08. The highest BCUT2D eigenvalue weighted by molar-refractivity contribution is 6.01. The highest BCUT2D eigenvalue weighted by atomic mass is 19.1. The summed E-state index contributed by atoms with van der Waals surface area (Å²) < 4.78 is 24.1. The second kappa shape index (κ2) is 7.94. The third kappa shape index (κ3) is 3.43. The minimum absolute atomic E-state index is 0.0288. The van der Waals surface area contributed by atoms with Crippen molar-refractivity contribution in [1.29, 1.82) is 0 Å². The van der Waals surface area contributed by atoms with Gasteiger partial charge in [0.2, 0.25) is 0 Å². The number of aryl methyl sites for hydroxylation is 1. The van der Waals surface area contributed by atoms with E-state index in [9.17, 15) is 9.18 Å². The van der Waals surface area contributed by atoms with Gasteiger partial charge in [-0.15, -0.1) is 0 Å². The Labute approximate surface area is 194 Å². The van der Waals surface area contributed by atoms with Crippen LogP contribution in [0.3, 0.4) is 0 Å². The smallest absolute Gasteiger partial charge is 0.328 e. The van der Waals surface area contributed by atoms with Crippen LogP contribution in [0.5, 0.6) is 0 Å². The summed E-state index contributed by atoms with van der Waals surface area (Å²) in [6.45, 7) is 1.23. The van der Waals surface area contributed by atoms with Crippen LogP contribution in [-0.4, -0.2) is 63.8 Å². The molecule has 5 heterocycles. The molecule has 2 N–H and O–H groups in total. The number of rotatable bonds is 6. The number of carbonyl (C=O) groups is 1. The van der Waals surface area contributed by atoms with Gasteiger partial charge in [0.05, 0.1) is 55.3 Å². The molecule has 0 radical (unpaired) electrons. The van der Waals surface area contributed by atoms with Gasteiger partial charge in [-0.25, -0.2) is 13.9 Å². The summed E-state index contributed by atoms with van der Waals surface area (Å²) in [6, 6.07) is 5.42. The minimum Gasteiger partial charge on any atom is -0.377 e. The summed E-state index contributed by atoms with van der Waals surface area (Å²) in [5.74, 6) is 0.283. The molecular weight excluding hydrogens is 441 g/mol. The molecule has 0 spiro atoms. The highest BCUT2D eigenvalue weighted by Gasteiger charge is 2.39. The number of anilines is 1. The van der Waals surface area contributed by atoms with E-state index in [0.717, 1.165) is 23.0 Å². The van der Waals surface area contributed by atoms with Gasteiger partial charge in [-0.3, -0.25) is 4.79 Å². The summed E-state index contributed by atoms with van der Waals surface area (Å²) >= 11 is 0. The lowest BCUT2D eigenvalue weighted by Crippen LogP contribution is -2.34. The van der Waals surface area contributed by atoms with Crippen molar-refractivity contribution in [2.45, 2.75) is 31.2 Å². The Morgan fingerprint density at radius 3 is 3.00 bits per heavy atom. The normalized spacial score (nSPS) is 21.8. The fourth-order valence-electron chi connectivity index (χ4n) is 4.38. The Morgan fingerprint density at radius 2 is 2.26 bits per heavy atom. The van der Waals surface area contributed by atoms with E-state index in [0.29, 0.717) is 42.4 Å². The Bertz CT molecular complexity index is 1410. The van der Waals surface area contributed by atoms with Crippen molar-refractivity contribution in [1.82, 2.24) is 24.6 Å². The fourth-order valence-corrected chi connectivity index (χ4v) is 4.38. The molecule has 1 saturated carbocycles. The largest absolute Gasteiger partial charge is 0.377 e. The molecule has 1 saturated heterocycles. The van der Waals surface area contributed by atoms with E-state index in [1.165, 1.54) is 6.20 Å². The van der Waals surface area contributed by atoms with Gasteiger partial charge in [0.25, 0.3) is 5.91 Å².